The first-order valence-corrected chi connectivity index (χ1v) is 12.4. The molecule has 0 radical (unpaired) electrons. The average molecular weight is 507 g/mol. The van der Waals surface area contributed by atoms with E-state index in [-0.39, 0.29) is 11.7 Å². The number of anilines is 2. The Hall–Kier alpha value is -4.08. The Morgan fingerprint density at radius 1 is 1.14 bits per heavy atom. The fourth-order valence-corrected chi connectivity index (χ4v) is 4.78. The van der Waals surface area contributed by atoms with Crippen molar-refractivity contribution in [1.29, 1.82) is 0 Å². The smallest absolute Gasteiger partial charge is 0.276 e. The lowest BCUT2D eigenvalue weighted by Crippen LogP contribution is -2.27. The Kier molecular flexibility index (Phi) is 6.49. The number of hydrogen-bond acceptors (Lipinski definition) is 5. The predicted octanol–water partition coefficient (Wildman–Crippen LogP) is 4.93. The summed E-state index contributed by atoms with van der Waals surface area (Å²) in [5.74, 6) is -2.01. The summed E-state index contributed by atoms with van der Waals surface area (Å²) in [4.78, 5) is 27.9. The van der Waals surface area contributed by atoms with Gasteiger partial charge in [-0.15, -0.1) is 0 Å². The third-order valence-corrected chi connectivity index (χ3v) is 6.93. The van der Waals surface area contributed by atoms with Crippen molar-refractivity contribution in [3.05, 3.63) is 76.3 Å². The Morgan fingerprint density at radius 2 is 1.89 bits per heavy atom. The normalized spacial score (nSPS) is 16.4. The van der Waals surface area contributed by atoms with Gasteiger partial charge in [-0.3, -0.25) is 14.3 Å². The van der Waals surface area contributed by atoms with E-state index >= 15 is 0 Å². The zero-order valence-corrected chi connectivity index (χ0v) is 20.9. The maximum atomic E-state index is 14.3. The van der Waals surface area contributed by atoms with Gasteiger partial charge in [0.15, 0.2) is 11.6 Å². The van der Waals surface area contributed by atoms with Crippen LogP contribution in [0.25, 0.3) is 16.6 Å². The number of aromatic nitrogens is 4. The monoisotopic (exact) mass is 506 g/mol. The van der Waals surface area contributed by atoms with Gasteiger partial charge in [0.25, 0.3) is 11.5 Å². The van der Waals surface area contributed by atoms with Gasteiger partial charge in [0.1, 0.15) is 11.4 Å². The summed E-state index contributed by atoms with van der Waals surface area (Å²) < 4.78 is 31.2. The van der Waals surface area contributed by atoms with Crippen molar-refractivity contribution in [1.82, 2.24) is 19.6 Å². The van der Waals surface area contributed by atoms with Crippen LogP contribution in [0, 0.1) is 17.6 Å². The number of rotatable bonds is 6. The summed E-state index contributed by atoms with van der Waals surface area (Å²) in [6, 6.07) is 9.53. The van der Waals surface area contributed by atoms with E-state index in [0.717, 1.165) is 60.7 Å². The summed E-state index contributed by atoms with van der Waals surface area (Å²) >= 11 is 0. The highest BCUT2D eigenvalue weighted by atomic mass is 19.1. The van der Waals surface area contributed by atoms with E-state index < -0.39 is 28.8 Å². The topological polar surface area (TPSA) is 85.0 Å². The van der Waals surface area contributed by atoms with Crippen LogP contribution >= 0.6 is 0 Å². The summed E-state index contributed by atoms with van der Waals surface area (Å²) in [6.45, 7) is 8.09. The van der Waals surface area contributed by atoms with Crippen molar-refractivity contribution in [2.45, 2.75) is 39.7 Å². The van der Waals surface area contributed by atoms with Crippen molar-refractivity contribution in [3.8, 4) is 5.69 Å². The molecule has 10 heteroatoms. The van der Waals surface area contributed by atoms with E-state index in [4.69, 9.17) is 0 Å². The van der Waals surface area contributed by atoms with E-state index in [9.17, 15) is 18.4 Å². The molecule has 1 saturated heterocycles. The molecule has 2 atom stereocenters. The molecular formula is C27H28F2N6O2. The van der Waals surface area contributed by atoms with Gasteiger partial charge in [-0.1, -0.05) is 19.9 Å². The number of nitrogens with zero attached hydrogens (tertiary/aromatic N) is 5. The minimum absolute atomic E-state index is 0.154. The second kappa shape index (κ2) is 9.76. The van der Waals surface area contributed by atoms with Gasteiger partial charge < -0.3 is 10.2 Å². The fourth-order valence-electron chi connectivity index (χ4n) is 4.78. The number of carbonyl (C=O) groups is 1. The molecule has 5 rings (SSSR count). The largest absolute Gasteiger partial charge is 0.369 e. The van der Waals surface area contributed by atoms with Crippen LogP contribution in [0.4, 0.5) is 20.2 Å². The highest BCUT2D eigenvalue weighted by Gasteiger charge is 2.26. The van der Waals surface area contributed by atoms with E-state index in [2.05, 4.69) is 41.2 Å². The van der Waals surface area contributed by atoms with Gasteiger partial charge in [-0.05, 0) is 56.0 Å². The van der Waals surface area contributed by atoms with Crippen molar-refractivity contribution in [3.63, 3.8) is 0 Å². The molecule has 0 aliphatic carbocycles. The second-order valence-corrected chi connectivity index (χ2v) is 9.57. The minimum atomic E-state index is -0.957. The quantitative estimate of drug-likeness (QED) is 0.401. The molecule has 2 aromatic carbocycles. The van der Waals surface area contributed by atoms with E-state index in [1.165, 1.54) is 12.1 Å². The number of benzene rings is 2. The number of carbonyl (C=O) groups excluding carboxylic acids is 1. The Bertz CT molecular complexity index is 1530. The van der Waals surface area contributed by atoms with Gasteiger partial charge in [-0.2, -0.15) is 14.9 Å². The zero-order chi connectivity index (χ0) is 26.3. The molecule has 3 heterocycles. The van der Waals surface area contributed by atoms with E-state index in [0.29, 0.717) is 16.3 Å². The number of nitrogens with one attached hydrogen (secondary N) is 1. The Morgan fingerprint density at radius 3 is 2.57 bits per heavy atom. The highest BCUT2D eigenvalue weighted by Crippen LogP contribution is 2.38. The maximum Gasteiger partial charge on any atom is 0.276 e. The minimum Gasteiger partial charge on any atom is -0.369 e. The number of halogens is 2. The van der Waals surface area contributed by atoms with Gasteiger partial charge in [-0.25, -0.2) is 8.78 Å². The molecule has 4 aromatic rings. The van der Waals surface area contributed by atoms with Gasteiger partial charge in [0.05, 0.1) is 23.1 Å². The molecular weight excluding hydrogens is 478 g/mol. The molecule has 0 spiro atoms. The molecule has 0 bridgehead atoms. The van der Waals surface area contributed by atoms with Crippen molar-refractivity contribution < 1.29 is 13.6 Å². The molecule has 37 heavy (non-hydrogen) atoms. The molecule has 1 N–H and O–H groups in total. The number of fused-ring (bicyclic) bond motifs is 1. The lowest BCUT2D eigenvalue weighted by molar-refractivity contribution is 0.102. The third-order valence-electron chi connectivity index (χ3n) is 6.93. The Labute approximate surface area is 212 Å². The van der Waals surface area contributed by atoms with Crippen LogP contribution in [-0.4, -0.2) is 38.6 Å². The highest BCUT2D eigenvalue weighted by molar-refractivity contribution is 6.08. The van der Waals surface area contributed by atoms with Gasteiger partial charge in [0, 0.05) is 30.6 Å². The third kappa shape index (κ3) is 4.47. The van der Waals surface area contributed by atoms with Gasteiger partial charge in [0.2, 0.25) is 0 Å². The molecule has 1 amide bonds. The molecule has 1 aliphatic rings. The van der Waals surface area contributed by atoms with Crippen LogP contribution in [0.1, 0.15) is 50.1 Å². The first-order chi connectivity index (χ1) is 17.8. The molecule has 192 valence electrons. The average Bonchev–Trinajstić information content (AvgIpc) is 3.50. The van der Waals surface area contributed by atoms with Crippen molar-refractivity contribution >= 4 is 28.2 Å². The summed E-state index contributed by atoms with van der Waals surface area (Å²) in [5.41, 5.74) is 0.881. The molecule has 0 saturated carbocycles. The Balaban J connectivity index is 1.55. The summed E-state index contributed by atoms with van der Waals surface area (Å²) in [7, 11) is 0. The van der Waals surface area contributed by atoms with Crippen LogP contribution in [0.2, 0.25) is 0 Å². The first kappa shape index (κ1) is 24.6. The van der Waals surface area contributed by atoms with E-state index in [1.807, 2.05) is 23.0 Å². The van der Waals surface area contributed by atoms with Gasteiger partial charge >= 0.3 is 0 Å². The molecule has 2 aromatic heterocycles. The number of hydrogen-bond donors (Lipinski definition) is 1. The van der Waals surface area contributed by atoms with Crippen molar-refractivity contribution in [2.24, 2.45) is 5.92 Å². The SMILES string of the molecule is CC[C@@H](C)n1ncc2c(N3CC[C@H](C)C3)c(NC(=O)c3ccc(=O)n(-c4c(F)cccc4F)n3)ccc21. The van der Waals surface area contributed by atoms with Crippen LogP contribution in [-0.2, 0) is 0 Å². The van der Waals surface area contributed by atoms with Crippen LogP contribution in [0.3, 0.4) is 0 Å². The van der Waals surface area contributed by atoms with Crippen LogP contribution in [0.5, 0.6) is 0 Å². The molecule has 1 aliphatic heterocycles. The maximum absolute atomic E-state index is 14.3. The molecule has 8 nitrogen and oxygen atoms in total. The standard InChI is InChI=1S/C27H28F2N6O2/c1-4-17(3)34-23-10-8-21(25(18(23)14-30-34)33-13-12-16(2)15-33)31-27(37)22-9-11-24(36)35(32-22)26-19(28)6-5-7-20(26)29/h5-11,14,16-17H,4,12-13,15H2,1-3H3,(H,31,37)/t16-,17+/m0/s1. The predicted molar refractivity (Wildman–Crippen MR) is 138 cm³/mol. The lowest BCUT2D eigenvalue weighted by atomic mass is 10.1. The van der Waals surface area contributed by atoms with E-state index in [1.54, 1.807) is 0 Å². The van der Waals surface area contributed by atoms with Crippen LogP contribution in [0.15, 0.2) is 53.5 Å². The molecule has 0 unspecified atom stereocenters. The first-order valence-electron chi connectivity index (χ1n) is 12.4. The summed E-state index contributed by atoms with van der Waals surface area (Å²) in [5, 5.41) is 12.4. The van der Waals surface area contributed by atoms with Crippen molar-refractivity contribution in [2.75, 3.05) is 23.3 Å². The number of amides is 1. The zero-order valence-electron chi connectivity index (χ0n) is 20.9. The second-order valence-electron chi connectivity index (χ2n) is 9.57. The summed E-state index contributed by atoms with van der Waals surface area (Å²) in [6.07, 6.45) is 3.79. The molecule has 1 fully saturated rings. The fraction of sp³-hybridized carbons (Fsp3) is 0.333. The number of para-hydroxylation sites is 1. The lowest BCUT2D eigenvalue weighted by Gasteiger charge is -2.23. The van der Waals surface area contributed by atoms with Crippen LogP contribution < -0.4 is 15.8 Å².